The van der Waals surface area contributed by atoms with Gasteiger partial charge < -0.3 is 0 Å². The van der Waals surface area contributed by atoms with Crippen LogP contribution < -0.4 is 0 Å². The summed E-state index contributed by atoms with van der Waals surface area (Å²) in [5.41, 5.74) is 3.21. The van der Waals surface area contributed by atoms with Crippen molar-refractivity contribution in [3.63, 3.8) is 0 Å². The minimum Gasteiger partial charge on any atom is -0.294 e. The van der Waals surface area contributed by atoms with Gasteiger partial charge >= 0.3 is 0 Å². The lowest BCUT2D eigenvalue weighted by Gasteiger charge is -2.16. The van der Waals surface area contributed by atoms with Gasteiger partial charge in [0.15, 0.2) is 5.78 Å². The number of carbonyl (C=O) groups is 1. The maximum Gasteiger partial charge on any atom is 0.161 e. The third-order valence-corrected chi connectivity index (χ3v) is 3.71. The number of hydrogen-bond donors (Lipinski definition) is 0. The highest BCUT2D eigenvalue weighted by atomic mass is 16.1. The van der Waals surface area contributed by atoms with Gasteiger partial charge in [-0.3, -0.25) is 4.79 Å². The molecule has 0 N–H and O–H groups in total. The molecule has 0 aliphatic heterocycles. The van der Waals surface area contributed by atoms with Crippen LogP contribution >= 0.6 is 0 Å². The molecular weight excluding hydrogens is 268 g/mol. The lowest BCUT2D eigenvalue weighted by molar-refractivity contribution is -0.121. The molecule has 0 fully saturated rings. The molecule has 0 saturated heterocycles. The highest BCUT2D eigenvalue weighted by Crippen LogP contribution is 2.24. The Bertz CT molecular complexity index is 631. The van der Waals surface area contributed by atoms with Crippen molar-refractivity contribution in [2.75, 3.05) is 0 Å². The van der Waals surface area contributed by atoms with Crippen LogP contribution in [0.1, 0.15) is 38.3 Å². The van der Waals surface area contributed by atoms with E-state index in [4.69, 9.17) is 0 Å². The zero-order valence-corrected chi connectivity index (χ0v) is 13.7. The highest BCUT2D eigenvalue weighted by Gasteiger charge is 2.19. The Morgan fingerprint density at radius 2 is 1.45 bits per heavy atom. The van der Waals surface area contributed by atoms with Crippen molar-refractivity contribution < 1.29 is 4.79 Å². The van der Waals surface area contributed by atoms with E-state index in [0.717, 1.165) is 24.0 Å². The summed E-state index contributed by atoms with van der Waals surface area (Å²) < 4.78 is 0. The second kappa shape index (κ2) is 7.22. The van der Waals surface area contributed by atoms with E-state index in [9.17, 15) is 4.79 Å². The average molecular weight is 292 g/mol. The summed E-state index contributed by atoms with van der Waals surface area (Å²) >= 11 is 0. The van der Waals surface area contributed by atoms with Crippen LogP contribution in [0.3, 0.4) is 0 Å². The van der Waals surface area contributed by atoms with Gasteiger partial charge in [0.2, 0.25) is 0 Å². The van der Waals surface area contributed by atoms with E-state index >= 15 is 0 Å². The zero-order valence-electron chi connectivity index (χ0n) is 13.7. The normalized spacial score (nSPS) is 12.2. The lowest BCUT2D eigenvalue weighted by atomic mass is 9.87. The van der Waals surface area contributed by atoms with Gasteiger partial charge in [-0.15, -0.1) is 0 Å². The Morgan fingerprint density at radius 1 is 0.909 bits per heavy atom. The van der Waals surface area contributed by atoms with Crippen molar-refractivity contribution in [1.29, 1.82) is 0 Å². The van der Waals surface area contributed by atoms with Gasteiger partial charge in [0.1, 0.15) is 0 Å². The Balaban J connectivity index is 2.23. The summed E-state index contributed by atoms with van der Waals surface area (Å²) in [5.74, 6) is 0.180. The van der Waals surface area contributed by atoms with Gasteiger partial charge in [0.05, 0.1) is 0 Å². The van der Waals surface area contributed by atoms with Gasteiger partial charge in [0, 0.05) is 5.41 Å². The average Bonchev–Trinajstić information content (AvgIpc) is 2.52. The Labute approximate surface area is 133 Å². The third-order valence-electron chi connectivity index (χ3n) is 3.71. The van der Waals surface area contributed by atoms with Crippen molar-refractivity contribution in [2.24, 2.45) is 5.41 Å². The van der Waals surface area contributed by atoms with Crippen LogP contribution in [-0.4, -0.2) is 5.78 Å². The minimum atomic E-state index is -0.340. The second-order valence-electron chi connectivity index (χ2n) is 6.64. The first-order valence-corrected chi connectivity index (χ1v) is 7.81. The Hall–Kier alpha value is -2.15. The van der Waals surface area contributed by atoms with Crippen LogP contribution in [0, 0.1) is 5.41 Å². The Morgan fingerprint density at radius 3 is 2.00 bits per heavy atom. The molecule has 2 rings (SSSR count). The summed E-state index contributed by atoms with van der Waals surface area (Å²) in [6, 6.07) is 20.6. The summed E-state index contributed by atoms with van der Waals surface area (Å²) in [5, 5.41) is 0. The van der Waals surface area contributed by atoms with E-state index in [0.29, 0.717) is 0 Å². The largest absolute Gasteiger partial charge is 0.294 e. The lowest BCUT2D eigenvalue weighted by Crippen LogP contribution is -2.18. The molecule has 0 aromatic heterocycles. The topological polar surface area (TPSA) is 17.1 Å². The standard InChI is InChI=1S/C21H24O/c1-21(2,3)20(22)16-19(18-12-8-5-9-13-18)15-14-17-10-6-4-7-11-17/h4-13,16H,14-15H2,1-3H3/b19-16+. The third kappa shape index (κ3) is 4.70. The van der Waals surface area contributed by atoms with Crippen molar-refractivity contribution in [3.05, 3.63) is 77.9 Å². The van der Waals surface area contributed by atoms with E-state index in [1.165, 1.54) is 5.56 Å². The molecule has 22 heavy (non-hydrogen) atoms. The number of hydrogen-bond acceptors (Lipinski definition) is 1. The maximum absolute atomic E-state index is 12.4. The minimum absolute atomic E-state index is 0.180. The van der Waals surface area contributed by atoms with Crippen molar-refractivity contribution in [2.45, 2.75) is 33.6 Å². The van der Waals surface area contributed by atoms with Gasteiger partial charge in [-0.25, -0.2) is 0 Å². The number of aryl methyl sites for hydroxylation is 1. The first-order chi connectivity index (χ1) is 10.5. The van der Waals surface area contributed by atoms with Crippen LogP contribution in [0.15, 0.2) is 66.7 Å². The molecule has 0 radical (unpaired) electrons. The van der Waals surface area contributed by atoms with E-state index in [1.54, 1.807) is 0 Å². The number of carbonyl (C=O) groups excluding carboxylic acids is 1. The first-order valence-electron chi connectivity index (χ1n) is 7.81. The molecular formula is C21H24O. The molecule has 2 aromatic carbocycles. The summed E-state index contributed by atoms with van der Waals surface area (Å²) in [7, 11) is 0. The molecule has 0 bridgehead atoms. The molecule has 0 amide bonds. The van der Waals surface area contributed by atoms with Gasteiger partial charge in [-0.1, -0.05) is 81.4 Å². The maximum atomic E-state index is 12.4. The molecule has 0 heterocycles. The van der Waals surface area contributed by atoms with Crippen LogP contribution in [0.25, 0.3) is 5.57 Å². The van der Waals surface area contributed by atoms with Crippen LogP contribution in [0.5, 0.6) is 0 Å². The number of ketones is 1. The molecule has 1 heteroatoms. The van der Waals surface area contributed by atoms with Crippen molar-refractivity contribution in [1.82, 2.24) is 0 Å². The number of rotatable bonds is 5. The first kappa shape index (κ1) is 16.2. The van der Waals surface area contributed by atoms with Crippen LogP contribution in [0.2, 0.25) is 0 Å². The smallest absolute Gasteiger partial charge is 0.161 e. The predicted octanol–water partition coefficient (Wildman–Crippen LogP) is 5.32. The fourth-order valence-electron chi connectivity index (χ4n) is 2.25. The Kier molecular flexibility index (Phi) is 5.32. The monoisotopic (exact) mass is 292 g/mol. The quantitative estimate of drug-likeness (QED) is 0.682. The SMILES string of the molecule is CC(C)(C)C(=O)/C=C(\CCc1ccccc1)c1ccccc1. The fourth-order valence-corrected chi connectivity index (χ4v) is 2.25. The second-order valence-corrected chi connectivity index (χ2v) is 6.64. The summed E-state index contributed by atoms with van der Waals surface area (Å²) in [6.07, 6.45) is 3.65. The van der Waals surface area contributed by atoms with E-state index in [-0.39, 0.29) is 11.2 Å². The summed E-state index contributed by atoms with van der Waals surface area (Å²) in [6.45, 7) is 5.89. The van der Waals surface area contributed by atoms with Gasteiger partial charge in [-0.05, 0) is 35.6 Å². The fraction of sp³-hybridized carbons (Fsp3) is 0.286. The molecule has 0 unspecified atom stereocenters. The van der Waals surface area contributed by atoms with E-state index < -0.39 is 0 Å². The molecule has 0 spiro atoms. The van der Waals surface area contributed by atoms with Crippen molar-refractivity contribution in [3.8, 4) is 0 Å². The van der Waals surface area contributed by atoms with Gasteiger partial charge in [0.25, 0.3) is 0 Å². The molecule has 0 saturated carbocycles. The molecule has 0 aliphatic rings. The van der Waals surface area contributed by atoms with Gasteiger partial charge in [-0.2, -0.15) is 0 Å². The number of benzene rings is 2. The van der Waals surface area contributed by atoms with E-state index in [2.05, 4.69) is 36.4 Å². The molecule has 0 atom stereocenters. The van der Waals surface area contributed by atoms with Crippen LogP contribution in [-0.2, 0) is 11.2 Å². The molecule has 114 valence electrons. The zero-order chi connectivity index (χ0) is 16.0. The molecule has 1 nitrogen and oxygen atoms in total. The summed E-state index contributed by atoms with van der Waals surface area (Å²) in [4.78, 5) is 12.4. The predicted molar refractivity (Wildman–Crippen MR) is 93.6 cm³/mol. The molecule has 2 aromatic rings. The van der Waals surface area contributed by atoms with Crippen molar-refractivity contribution >= 4 is 11.4 Å². The van der Waals surface area contributed by atoms with Crippen LogP contribution in [0.4, 0.5) is 0 Å². The number of allylic oxidation sites excluding steroid dienone is 2. The van der Waals surface area contributed by atoms with E-state index in [1.807, 2.05) is 51.1 Å². The highest BCUT2D eigenvalue weighted by molar-refractivity contribution is 6.00. The molecule has 0 aliphatic carbocycles.